The van der Waals surface area contributed by atoms with Gasteiger partial charge in [-0.2, -0.15) is 0 Å². The zero-order valence-corrected chi connectivity index (χ0v) is 11.1. The predicted octanol–water partition coefficient (Wildman–Crippen LogP) is 1.94. The number of aromatic hydroxyl groups is 1. The van der Waals surface area contributed by atoms with E-state index in [9.17, 15) is 14.7 Å². The summed E-state index contributed by atoms with van der Waals surface area (Å²) in [6, 6.07) is 5.88. The van der Waals surface area contributed by atoms with Crippen LogP contribution in [0.3, 0.4) is 0 Å². The maximum absolute atomic E-state index is 11.9. The van der Waals surface area contributed by atoms with E-state index in [1.165, 1.54) is 0 Å². The van der Waals surface area contributed by atoms with Crippen LogP contribution < -0.4 is 11.1 Å². The first-order valence-corrected chi connectivity index (χ1v) is 6.41. The number of rotatable bonds is 6. The lowest BCUT2D eigenvalue weighted by Gasteiger charge is -2.15. The molecule has 0 heterocycles. The van der Waals surface area contributed by atoms with Gasteiger partial charge in [-0.15, -0.1) is 0 Å². The van der Waals surface area contributed by atoms with Crippen molar-refractivity contribution < 1.29 is 14.7 Å². The van der Waals surface area contributed by atoms with Crippen LogP contribution >= 0.6 is 0 Å². The quantitative estimate of drug-likeness (QED) is 0.733. The third-order valence-electron chi connectivity index (χ3n) is 2.94. The number of carbonyl (C=O) groups is 2. The van der Waals surface area contributed by atoms with Gasteiger partial charge in [-0.25, -0.2) is 4.79 Å². The van der Waals surface area contributed by atoms with Crippen LogP contribution in [0.4, 0.5) is 4.79 Å². The number of nitrogens with one attached hydrogen (secondary N) is 1. The summed E-state index contributed by atoms with van der Waals surface area (Å²) < 4.78 is 0. The van der Waals surface area contributed by atoms with Gasteiger partial charge in [0.25, 0.3) is 0 Å². The monoisotopic (exact) mass is 264 g/mol. The molecule has 1 rings (SSSR count). The van der Waals surface area contributed by atoms with Crippen molar-refractivity contribution in [3.8, 4) is 5.75 Å². The number of imide groups is 1. The summed E-state index contributed by atoms with van der Waals surface area (Å²) in [5, 5.41) is 11.4. The molecule has 0 bridgehead atoms. The van der Waals surface area contributed by atoms with Crippen LogP contribution in [0.5, 0.6) is 5.75 Å². The SMILES string of the molecule is CCCC[C@@H](Cc1ccc(O)cc1)C(=O)NC(N)=O. The summed E-state index contributed by atoms with van der Waals surface area (Å²) in [4.78, 5) is 22.6. The summed E-state index contributed by atoms with van der Waals surface area (Å²) in [5.74, 6) is -0.429. The van der Waals surface area contributed by atoms with Gasteiger partial charge < -0.3 is 10.8 Å². The molecule has 104 valence electrons. The van der Waals surface area contributed by atoms with E-state index in [-0.39, 0.29) is 17.6 Å². The Balaban J connectivity index is 2.70. The first-order chi connectivity index (χ1) is 9.02. The highest BCUT2D eigenvalue weighted by Gasteiger charge is 2.19. The van der Waals surface area contributed by atoms with Gasteiger partial charge in [0.2, 0.25) is 5.91 Å². The maximum Gasteiger partial charge on any atom is 0.318 e. The van der Waals surface area contributed by atoms with E-state index in [4.69, 9.17) is 5.73 Å². The predicted molar refractivity (Wildman–Crippen MR) is 72.6 cm³/mol. The molecule has 0 fully saturated rings. The van der Waals surface area contributed by atoms with Crippen LogP contribution in [0.1, 0.15) is 31.7 Å². The highest BCUT2D eigenvalue weighted by atomic mass is 16.3. The molecule has 0 saturated carbocycles. The molecule has 1 aromatic rings. The number of primary amides is 1. The lowest BCUT2D eigenvalue weighted by Crippen LogP contribution is -2.39. The third kappa shape index (κ3) is 5.42. The smallest absolute Gasteiger partial charge is 0.318 e. The van der Waals surface area contributed by atoms with E-state index >= 15 is 0 Å². The van der Waals surface area contributed by atoms with E-state index in [1.807, 2.05) is 6.92 Å². The van der Waals surface area contributed by atoms with Crippen molar-refractivity contribution in [2.24, 2.45) is 11.7 Å². The van der Waals surface area contributed by atoms with Gasteiger partial charge in [0.05, 0.1) is 0 Å². The van der Waals surface area contributed by atoms with Crippen LogP contribution in [0.2, 0.25) is 0 Å². The molecule has 0 radical (unpaired) electrons. The van der Waals surface area contributed by atoms with Crippen molar-refractivity contribution in [3.63, 3.8) is 0 Å². The number of benzene rings is 1. The minimum atomic E-state index is -0.822. The van der Waals surface area contributed by atoms with Gasteiger partial charge in [0.1, 0.15) is 5.75 Å². The van der Waals surface area contributed by atoms with Crippen molar-refractivity contribution in [1.82, 2.24) is 5.32 Å². The normalized spacial score (nSPS) is 11.8. The van der Waals surface area contributed by atoms with Crippen LogP contribution in [0.15, 0.2) is 24.3 Å². The fourth-order valence-corrected chi connectivity index (χ4v) is 1.92. The fraction of sp³-hybridized carbons (Fsp3) is 0.429. The molecule has 5 heteroatoms. The highest BCUT2D eigenvalue weighted by Crippen LogP contribution is 2.18. The number of hydrogen-bond acceptors (Lipinski definition) is 3. The molecule has 0 aliphatic carbocycles. The van der Waals surface area contributed by atoms with Crippen molar-refractivity contribution in [2.75, 3.05) is 0 Å². The lowest BCUT2D eigenvalue weighted by molar-refractivity contribution is -0.124. The minimum absolute atomic E-state index is 0.190. The summed E-state index contributed by atoms with van der Waals surface area (Å²) in [5.41, 5.74) is 5.91. The Morgan fingerprint density at radius 3 is 2.47 bits per heavy atom. The average Bonchev–Trinajstić information content (AvgIpc) is 2.35. The number of hydrogen-bond donors (Lipinski definition) is 3. The molecule has 0 aliphatic heterocycles. The molecule has 5 nitrogen and oxygen atoms in total. The van der Waals surface area contributed by atoms with Gasteiger partial charge in [-0.3, -0.25) is 10.1 Å². The van der Waals surface area contributed by atoms with Crippen molar-refractivity contribution in [2.45, 2.75) is 32.6 Å². The molecule has 0 saturated heterocycles. The highest BCUT2D eigenvalue weighted by molar-refractivity contribution is 5.94. The third-order valence-corrected chi connectivity index (χ3v) is 2.94. The Kier molecular flexibility index (Phi) is 5.85. The Bertz CT molecular complexity index is 429. The van der Waals surface area contributed by atoms with Crippen molar-refractivity contribution in [1.29, 1.82) is 0 Å². The van der Waals surface area contributed by atoms with E-state index in [0.717, 1.165) is 18.4 Å². The lowest BCUT2D eigenvalue weighted by atomic mass is 9.93. The average molecular weight is 264 g/mol. The Hall–Kier alpha value is -2.04. The van der Waals surface area contributed by atoms with E-state index in [0.29, 0.717) is 12.8 Å². The standard InChI is InChI=1S/C14H20N2O3/c1-2-3-4-11(13(18)16-14(15)19)9-10-5-7-12(17)8-6-10/h5-8,11,17H,2-4,9H2,1H3,(H3,15,16,18,19)/t11-/m0/s1. The number of phenols is 1. The molecule has 1 atom stereocenters. The number of urea groups is 1. The topological polar surface area (TPSA) is 92.4 Å². The molecule has 3 amide bonds. The van der Waals surface area contributed by atoms with Crippen molar-refractivity contribution >= 4 is 11.9 Å². The molecular weight excluding hydrogens is 244 g/mol. The van der Waals surface area contributed by atoms with E-state index in [1.54, 1.807) is 24.3 Å². The minimum Gasteiger partial charge on any atom is -0.508 e. The molecule has 0 aliphatic rings. The van der Waals surface area contributed by atoms with Crippen LogP contribution in [0, 0.1) is 5.92 Å². The van der Waals surface area contributed by atoms with Crippen molar-refractivity contribution in [3.05, 3.63) is 29.8 Å². The first kappa shape index (κ1) is 15.0. The molecule has 19 heavy (non-hydrogen) atoms. The molecule has 0 unspecified atom stereocenters. The molecule has 4 N–H and O–H groups in total. The number of nitrogens with two attached hydrogens (primary N) is 1. The van der Waals surface area contributed by atoms with Gasteiger partial charge in [0.15, 0.2) is 0 Å². The van der Waals surface area contributed by atoms with Crippen LogP contribution in [0.25, 0.3) is 0 Å². The largest absolute Gasteiger partial charge is 0.508 e. The Morgan fingerprint density at radius 2 is 1.95 bits per heavy atom. The number of unbranched alkanes of at least 4 members (excludes halogenated alkanes) is 1. The van der Waals surface area contributed by atoms with Gasteiger partial charge >= 0.3 is 6.03 Å². The molecule has 0 spiro atoms. The number of phenolic OH excluding ortho intramolecular Hbond substituents is 1. The second-order valence-electron chi connectivity index (χ2n) is 4.56. The van der Waals surface area contributed by atoms with E-state index in [2.05, 4.69) is 5.32 Å². The molecule has 0 aromatic heterocycles. The maximum atomic E-state index is 11.9. The Labute approximate surface area is 112 Å². The summed E-state index contributed by atoms with van der Waals surface area (Å²) >= 11 is 0. The molecule has 1 aromatic carbocycles. The zero-order chi connectivity index (χ0) is 14.3. The summed E-state index contributed by atoms with van der Waals surface area (Å²) in [6.45, 7) is 2.05. The number of carbonyl (C=O) groups excluding carboxylic acids is 2. The van der Waals surface area contributed by atoms with Gasteiger partial charge in [0, 0.05) is 5.92 Å². The van der Waals surface area contributed by atoms with Gasteiger partial charge in [-0.1, -0.05) is 31.9 Å². The number of amides is 3. The van der Waals surface area contributed by atoms with Gasteiger partial charge in [-0.05, 0) is 30.5 Å². The second-order valence-corrected chi connectivity index (χ2v) is 4.56. The molecular formula is C14H20N2O3. The summed E-state index contributed by atoms with van der Waals surface area (Å²) in [7, 11) is 0. The fourth-order valence-electron chi connectivity index (χ4n) is 1.92. The summed E-state index contributed by atoms with van der Waals surface area (Å²) in [6.07, 6.45) is 3.13. The second kappa shape index (κ2) is 7.41. The van der Waals surface area contributed by atoms with Crippen LogP contribution in [-0.2, 0) is 11.2 Å². The van der Waals surface area contributed by atoms with Crippen LogP contribution in [-0.4, -0.2) is 17.0 Å². The van der Waals surface area contributed by atoms with E-state index < -0.39 is 6.03 Å². The Morgan fingerprint density at radius 1 is 1.32 bits per heavy atom. The first-order valence-electron chi connectivity index (χ1n) is 6.41. The zero-order valence-electron chi connectivity index (χ0n) is 11.1.